The van der Waals surface area contributed by atoms with E-state index >= 15 is 0 Å². The first-order valence-corrected chi connectivity index (χ1v) is 4.86. The highest BCUT2D eigenvalue weighted by atomic mass is 16.4. The number of carbonyl (C=O) groups excluding carboxylic acids is 1. The molecule has 2 aromatic rings. The number of hydrogen-bond donors (Lipinski definition) is 2. The molecule has 0 amide bonds. The molecule has 0 atom stereocenters. The van der Waals surface area contributed by atoms with E-state index in [1.54, 1.807) is 0 Å². The van der Waals surface area contributed by atoms with E-state index < -0.39 is 11.8 Å². The van der Waals surface area contributed by atoms with Gasteiger partial charge in [-0.3, -0.25) is 4.79 Å². The van der Waals surface area contributed by atoms with Crippen LogP contribution in [0.15, 0.2) is 24.3 Å². The van der Waals surface area contributed by atoms with Crippen LogP contribution in [0.5, 0.6) is 0 Å². The second-order valence-corrected chi connectivity index (χ2v) is 3.43. The van der Waals surface area contributed by atoms with E-state index in [0.29, 0.717) is 12.2 Å². The number of nitrogens with one attached hydrogen (secondary N) is 1. The maximum absolute atomic E-state index is 10.9. The number of aryl methyl sites for hydroxylation is 1. The van der Waals surface area contributed by atoms with Crippen LogP contribution in [0, 0.1) is 0 Å². The number of para-hydroxylation sites is 2. The van der Waals surface area contributed by atoms with Crippen molar-refractivity contribution in [2.75, 3.05) is 0 Å². The van der Waals surface area contributed by atoms with Gasteiger partial charge in [-0.1, -0.05) is 12.1 Å². The fraction of sp³-hybridized carbons (Fsp3) is 0.182. The summed E-state index contributed by atoms with van der Waals surface area (Å²) in [6.07, 6.45) is 0.287. The number of ketones is 1. The number of H-pyrrole nitrogens is 1. The molecule has 5 heteroatoms. The van der Waals surface area contributed by atoms with Crippen molar-refractivity contribution in [3.05, 3.63) is 30.1 Å². The number of carbonyl (C=O) groups is 2. The lowest BCUT2D eigenvalue weighted by atomic mass is 10.2. The van der Waals surface area contributed by atoms with Gasteiger partial charge in [-0.25, -0.2) is 9.78 Å². The predicted octanol–water partition coefficient (Wildman–Crippen LogP) is 1.15. The van der Waals surface area contributed by atoms with E-state index in [0.717, 1.165) is 11.0 Å². The number of hydrogen-bond acceptors (Lipinski definition) is 3. The Morgan fingerprint density at radius 1 is 1.31 bits per heavy atom. The van der Waals surface area contributed by atoms with Crippen LogP contribution in [0.2, 0.25) is 0 Å². The Hall–Kier alpha value is -2.17. The van der Waals surface area contributed by atoms with Crippen molar-refractivity contribution >= 4 is 22.8 Å². The summed E-state index contributed by atoms with van der Waals surface area (Å²) in [5, 5.41) is 8.42. The summed E-state index contributed by atoms with van der Waals surface area (Å²) in [7, 11) is 0. The van der Waals surface area contributed by atoms with Gasteiger partial charge in [0.2, 0.25) is 5.78 Å². The lowest BCUT2D eigenvalue weighted by molar-refractivity contribution is -0.149. The van der Waals surface area contributed by atoms with Gasteiger partial charge in [-0.2, -0.15) is 0 Å². The molecule has 2 N–H and O–H groups in total. The van der Waals surface area contributed by atoms with Gasteiger partial charge in [0.15, 0.2) is 0 Å². The summed E-state index contributed by atoms with van der Waals surface area (Å²) in [6, 6.07) is 7.49. The average Bonchev–Trinajstić information content (AvgIpc) is 2.68. The van der Waals surface area contributed by atoms with E-state index in [1.165, 1.54) is 0 Å². The number of nitrogens with zero attached hydrogens (tertiary/aromatic N) is 1. The van der Waals surface area contributed by atoms with Crippen LogP contribution in [0.4, 0.5) is 0 Å². The van der Waals surface area contributed by atoms with Crippen molar-refractivity contribution in [2.24, 2.45) is 0 Å². The summed E-state index contributed by atoms with van der Waals surface area (Å²) in [6.45, 7) is 0. The molecule has 1 aromatic carbocycles. The molecule has 1 aromatic heterocycles. The molecular weight excluding hydrogens is 208 g/mol. The van der Waals surface area contributed by atoms with Crippen molar-refractivity contribution in [3.8, 4) is 0 Å². The molecule has 0 aliphatic heterocycles. The standard InChI is InChI=1S/C11H10N2O3/c14-9(11(15)16)5-6-10-12-7-3-1-2-4-8(7)13-10/h1-4H,5-6H2,(H,12,13)(H,15,16). The van der Waals surface area contributed by atoms with Crippen LogP contribution < -0.4 is 0 Å². The number of carboxylic acid groups (broad SMARTS) is 1. The Morgan fingerprint density at radius 2 is 2.06 bits per heavy atom. The zero-order valence-electron chi connectivity index (χ0n) is 8.43. The third kappa shape index (κ3) is 2.08. The summed E-state index contributed by atoms with van der Waals surface area (Å²) in [5.41, 5.74) is 1.71. The van der Waals surface area contributed by atoms with E-state index in [4.69, 9.17) is 5.11 Å². The third-order valence-electron chi connectivity index (χ3n) is 2.27. The van der Waals surface area contributed by atoms with Crippen LogP contribution in [0.3, 0.4) is 0 Å². The fourth-order valence-corrected chi connectivity index (χ4v) is 1.46. The minimum Gasteiger partial charge on any atom is -0.476 e. The molecule has 16 heavy (non-hydrogen) atoms. The highest BCUT2D eigenvalue weighted by molar-refractivity contribution is 6.32. The van der Waals surface area contributed by atoms with E-state index in [2.05, 4.69) is 9.97 Å². The first-order valence-electron chi connectivity index (χ1n) is 4.86. The van der Waals surface area contributed by atoms with Crippen LogP contribution in [-0.2, 0) is 16.0 Å². The maximum Gasteiger partial charge on any atom is 0.372 e. The Bertz CT molecular complexity index is 512. The lowest BCUT2D eigenvalue weighted by Gasteiger charge is -1.92. The lowest BCUT2D eigenvalue weighted by Crippen LogP contribution is -2.13. The van der Waals surface area contributed by atoms with Gasteiger partial charge in [0.25, 0.3) is 0 Å². The van der Waals surface area contributed by atoms with Crippen LogP contribution in [0.25, 0.3) is 11.0 Å². The molecule has 0 aliphatic carbocycles. The number of carboxylic acids is 1. The SMILES string of the molecule is O=C(O)C(=O)CCc1nc2ccccc2[nH]1. The number of fused-ring (bicyclic) bond motifs is 1. The zero-order chi connectivity index (χ0) is 11.5. The number of aromatic nitrogens is 2. The molecule has 0 aliphatic rings. The second kappa shape index (κ2) is 4.14. The second-order valence-electron chi connectivity index (χ2n) is 3.43. The first-order chi connectivity index (χ1) is 7.66. The van der Waals surface area contributed by atoms with Gasteiger partial charge in [-0.05, 0) is 12.1 Å². The molecule has 2 rings (SSSR count). The van der Waals surface area contributed by atoms with Gasteiger partial charge in [-0.15, -0.1) is 0 Å². The Balaban J connectivity index is 2.10. The van der Waals surface area contributed by atoms with Crippen molar-refractivity contribution in [1.82, 2.24) is 9.97 Å². The minimum atomic E-state index is -1.39. The number of aliphatic carboxylic acids is 1. The summed E-state index contributed by atoms with van der Waals surface area (Å²) < 4.78 is 0. The number of aromatic amines is 1. The molecule has 0 fully saturated rings. The molecule has 82 valence electrons. The maximum atomic E-state index is 10.9. The molecule has 0 saturated carbocycles. The smallest absolute Gasteiger partial charge is 0.372 e. The molecule has 0 spiro atoms. The van der Waals surface area contributed by atoms with E-state index in [-0.39, 0.29) is 6.42 Å². The third-order valence-corrected chi connectivity index (χ3v) is 2.27. The first kappa shape index (κ1) is 10.4. The molecular formula is C11H10N2O3. The van der Waals surface area contributed by atoms with Crippen molar-refractivity contribution in [3.63, 3.8) is 0 Å². The van der Waals surface area contributed by atoms with Crippen LogP contribution in [-0.4, -0.2) is 26.8 Å². The van der Waals surface area contributed by atoms with Gasteiger partial charge in [0, 0.05) is 12.8 Å². The van der Waals surface area contributed by atoms with Gasteiger partial charge in [0.05, 0.1) is 11.0 Å². The number of imidazole rings is 1. The van der Waals surface area contributed by atoms with Crippen LogP contribution >= 0.6 is 0 Å². The Morgan fingerprint density at radius 3 is 2.75 bits per heavy atom. The largest absolute Gasteiger partial charge is 0.476 e. The quantitative estimate of drug-likeness (QED) is 0.754. The molecule has 0 radical (unpaired) electrons. The predicted molar refractivity (Wildman–Crippen MR) is 57.1 cm³/mol. The average molecular weight is 218 g/mol. The topological polar surface area (TPSA) is 83.0 Å². The molecule has 1 heterocycles. The number of rotatable bonds is 4. The van der Waals surface area contributed by atoms with Gasteiger partial charge < -0.3 is 10.1 Å². The summed E-state index contributed by atoms with van der Waals surface area (Å²) in [4.78, 5) is 28.5. The number of Topliss-reactive ketones (excluding diaryl/α,β-unsaturated/α-hetero) is 1. The Kier molecular flexibility index (Phi) is 2.68. The van der Waals surface area contributed by atoms with Crippen molar-refractivity contribution in [2.45, 2.75) is 12.8 Å². The van der Waals surface area contributed by atoms with Crippen LogP contribution in [0.1, 0.15) is 12.2 Å². The molecule has 0 bridgehead atoms. The highest BCUT2D eigenvalue weighted by Gasteiger charge is 2.12. The van der Waals surface area contributed by atoms with Gasteiger partial charge in [0.1, 0.15) is 5.82 Å². The molecule has 0 saturated heterocycles. The summed E-state index contributed by atoms with van der Waals surface area (Å²) in [5.74, 6) is -1.55. The monoisotopic (exact) mass is 218 g/mol. The van der Waals surface area contributed by atoms with E-state index in [1.807, 2.05) is 24.3 Å². The minimum absolute atomic E-state index is 0.0326. The van der Waals surface area contributed by atoms with Gasteiger partial charge >= 0.3 is 5.97 Å². The van der Waals surface area contributed by atoms with Crippen molar-refractivity contribution < 1.29 is 14.7 Å². The highest BCUT2D eigenvalue weighted by Crippen LogP contribution is 2.11. The van der Waals surface area contributed by atoms with E-state index in [9.17, 15) is 9.59 Å². The molecule has 5 nitrogen and oxygen atoms in total. The normalized spacial score (nSPS) is 10.5. The summed E-state index contributed by atoms with van der Waals surface area (Å²) >= 11 is 0. The Labute approximate surface area is 91.1 Å². The van der Waals surface area contributed by atoms with Crippen molar-refractivity contribution in [1.29, 1.82) is 0 Å². The number of benzene rings is 1. The zero-order valence-corrected chi connectivity index (χ0v) is 8.43. The molecule has 0 unspecified atom stereocenters. The fourth-order valence-electron chi connectivity index (χ4n) is 1.46.